The number of nitrogens with zero attached hydrogens (tertiary/aromatic N) is 1. The van der Waals surface area contributed by atoms with Crippen molar-refractivity contribution in [1.82, 2.24) is 10.3 Å². The van der Waals surface area contributed by atoms with Gasteiger partial charge in [0, 0.05) is 24.1 Å². The Morgan fingerprint density at radius 2 is 1.78 bits per heavy atom. The molecule has 0 atom stereocenters. The first-order chi connectivity index (χ1) is 13.2. The van der Waals surface area contributed by atoms with Gasteiger partial charge in [0.1, 0.15) is 11.4 Å². The SMILES string of the molecule is COc1ccc(Nc2ccnc(C(=O)NCCCc3ccccc3)c2)cc1. The van der Waals surface area contributed by atoms with Gasteiger partial charge in [-0.1, -0.05) is 30.3 Å². The van der Waals surface area contributed by atoms with Crippen molar-refractivity contribution >= 4 is 17.3 Å². The van der Waals surface area contributed by atoms with Crippen molar-refractivity contribution in [1.29, 1.82) is 0 Å². The molecule has 138 valence electrons. The van der Waals surface area contributed by atoms with Gasteiger partial charge in [-0.15, -0.1) is 0 Å². The van der Waals surface area contributed by atoms with Gasteiger partial charge in [0.05, 0.1) is 7.11 Å². The summed E-state index contributed by atoms with van der Waals surface area (Å²) in [6.45, 7) is 0.617. The fraction of sp³-hybridized carbons (Fsp3) is 0.182. The maximum Gasteiger partial charge on any atom is 0.269 e. The number of carbonyl (C=O) groups is 1. The van der Waals surface area contributed by atoms with Crippen molar-refractivity contribution < 1.29 is 9.53 Å². The average molecular weight is 361 g/mol. The van der Waals surface area contributed by atoms with Crippen LogP contribution in [0.15, 0.2) is 72.9 Å². The Morgan fingerprint density at radius 1 is 1.00 bits per heavy atom. The minimum Gasteiger partial charge on any atom is -0.497 e. The summed E-state index contributed by atoms with van der Waals surface area (Å²) in [7, 11) is 1.63. The molecule has 0 radical (unpaired) electrons. The van der Waals surface area contributed by atoms with E-state index in [1.165, 1.54) is 5.56 Å². The molecule has 1 aromatic heterocycles. The Labute approximate surface area is 159 Å². The largest absolute Gasteiger partial charge is 0.497 e. The summed E-state index contributed by atoms with van der Waals surface area (Å²) in [5.41, 5.74) is 3.39. The first-order valence-corrected chi connectivity index (χ1v) is 8.94. The number of rotatable bonds is 8. The summed E-state index contributed by atoms with van der Waals surface area (Å²) in [5, 5.41) is 6.19. The zero-order chi connectivity index (χ0) is 18.9. The Morgan fingerprint density at radius 3 is 2.52 bits per heavy atom. The van der Waals surface area contributed by atoms with Crippen LogP contribution in [0.5, 0.6) is 5.75 Å². The van der Waals surface area contributed by atoms with Crippen molar-refractivity contribution in [3.63, 3.8) is 0 Å². The van der Waals surface area contributed by atoms with Gasteiger partial charge in [0.2, 0.25) is 0 Å². The van der Waals surface area contributed by atoms with E-state index in [1.54, 1.807) is 19.4 Å². The topological polar surface area (TPSA) is 63.2 Å². The second-order valence-electron chi connectivity index (χ2n) is 6.13. The average Bonchev–Trinajstić information content (AvgIpc) is 2.72. The zero-order valence-corrected chi connectivity index (χ0v) is 15.3. The van der Waals surface area contributed by atoms with E-state index in [0.717, 1.165) is 30.0 Å². The highest BCUT2D eigenvalue weighted by Gasteiger charge is 2.07. The van der Waals surface area contributed by atoms with E-state index in [0.29, 0.717) is 12.2 Å². The lowest BCUT2D eigenvalue weighted by Crippen LogP contribution is -2.25. The number of amides is 1. The highest BCUT2D eigenvalue weighted by Crippen LogP contribution is 2.20. The van der Waals surface area contributed by atoms with Crippen LogP contribution in [0.25, 0.3) is 0 Å². The van der Waals surface area contributed by atoms with Gasteiger partial charge in [0.25, 0.3) is 5.91 Å². The van der Waals surface area contributed by atoms with E-state index in [-0.39, 0.29) is 5.91 Å². The Bertz CT molecular complexity index is 864. The summed E-state index contributed by atoms with van der Waals surface area (Å²) < 4.78 is 5.15. The molecule has 0 aliphatic rings. The van der Waals surface area contributed by atoms with E-state index in [2.05, 4.69) is 27.8 Å². The second-order valence-corrected chi connectivity index (χ2v) is 6.13. The first kappa shape index (κ1) is 18.5. The maximum atomic E-state index is 12.3. The van der Waals surface area contributed by atoms with E-state index in [4.69, 9.17) is 4.74 Å². The molecular weight excluding hydrogens is 338 g/mol. The van der Waals surface area contributed by atoms with Gasteiger partial charge in [-0.05, 0) is 54.8 Å². The van der Waals surface area contributed by atoms with Crippen molar-refractivity contribution in [3.05, 3.63) is 84.2 Å². The quantitative estimate of drug-likeness (QED) is 0.590. The third kappa shape index (κ3) is 5.57. The van der Waals surface area contributed by atoms with E-state index < -0.39 is 0 Å². The summed E-state index contributed by atoms with van der Waals surface area (Å²) >= 11 is 0. The molecule has 0 bridgehead atoms. The van der Waals surface area contributed by atoms with Crippen LogP contribution < -0.4 is 15.4 Å². The molecule has 27 heavy (non-hydrogen) atoms. The first-order valence-electron chi connectivity index (χ1n) is 8.94. The highest BCUT2D eigenvalue weighted by atomic mass is 16.5. The number of anilines is 2. The highest BCUT2D eigenvalue weighted by molar-refractivity contribution is 5.93. The monoisotopic (exact) mass is 361 g/mol. The lowest BCUT2D eigenvalue weighted by atomic mass is 10.1. The van der Waals surface area contributed by atoms with Crippen molar-refractivity contribution in [2.75, 3.05) is 19.0 Å². The molecule has 0 aliphatic carbocycles. The van der Waals surface area contributed by atoms with Gasteiger partial charge in [-0.2, -0.15) is 0 Å². The molecule has 0 fully saturated rings. The fourth-order valence-corrected chi connectivity index (χ4v) is 2.70. The van der Waals surface area contributed by atoms with Crippen LogP contribution in [0.4, 0.5) is 11.4 Å². The lowest BCUT2D eigenvalue weighted by Gasteiger charge is -2.09. The second kappa shape index (κ2) is 9.38. The lowest BCUT2D eigenvalue weighted by molar-refractivity contribution is 0.0948. The van der Waals surface area contributed by atoms with Gasteiger partial charge in [-0.3, -0.25) is 9.78 Å². The number of hydrogen-bond acceptors (Lipinski definition) is 4. The Balaban J connectivity index is 1.51. The van der Waals surface area contributed by atoms with Crippen molar-refractivity contribution in [3.8, 4) is 5.75 Å². The van der Waals surface area contributed by atoms with Gasteiger partial charge in [0.15, 0.2) is 0 Å². The normalized spacial score (nSPS) is 10.3. The van der Waals surface area contributed by atoms with Crippen LogP contribution in [0.1, 0.15) is 22.5 Å². The summed E-state index contributed by atoms with van der Waals surface area (Å²) in [6, 6.07) is 21.4. The number of hydrogen-bond donors (Lipinski definition) is 2. The number of ether oxygens (including phenoxy) is 1. The molecule has 0 spiro atoms. The zero-order valence-electron chi connectivity index (χ0n) is 15.3. The molecule has 3 aromatic rings. The molecule has 3 rings (SSSR count). The van der Waals surface area contributed by atoms with Crippen LogP contribution >= 0.6 is 0 Å². The Kier molecular flexibility index (Phi) is 6.41. The Hall–Kier alpha value is -3.34. The third-order valence-electron chi connectivity index (χ3n) is 4.14. The summed E-state index contributed by atoms with van der Waals surface area (Å²) in [6.07, 6.45) is 3.46. The van der Waals surface area contributed by atoms with Crippen molar-refractivity contribution in [2.24, 2.45) is 0 Å². The smallest absolute Gasteiger partial charge is 0.269 e. The van der Waals surface area contributed by atoms with Crippen LogP contribution in [0.3, 0.4) is 0 Å². The van der Waals surface area contributed by atoms with Crippen LogP contribution in [0.2, 0.25) is 0 Å². The number of carbonyl (C=O) groups excluding carboxylic acids is 1. The minimum absolute atomic E-state index is 0.165. The molecule has 5 nitrogen and oxygen atoms in total. The molecule has 2 aromatic carbocycles. The van der Waals surface area contributed by atoms with Crippen LogP contribution in [-0.4, -0.2) is 24.5 Å². The summed E-state index contributed by atoms with van der Waals surface area (Å²) in [5.74, 6) is 0.632. The standard InChI is InChI=1S/C22H23N3O2/c1-27-20-11-9-18(10-12-20)25-19-13-15-23-21(16-19)22(26)24-14-5-8-17-6-3-2-4-7-17/h2-4,6-7,9-13,15-16H,5,8,14H2,1H3,(H,23,25)(H,24,26). The minimum atomic E-state index is -0.165. The predicted molar refractivity (Wildman–Crippen MR) is 108 cm³/mol. The number of aryl methyl sites for hydroxylation is 1. The predicted octanol–water partition coefficient (Wildman–Crippen LogP) is 4.20. The third-order valence-corrected chi connectivity index (χ3v) is 4.14. The van der Waals surface area contributed by atoms with E-state index >= 15 is 0 Å². The number of methoxy groups -OCH3 is 1. The molecule has 0 aliphatic heterocycles. The molecule has 1 amide bonds. The molecule has 2 N–H and O–H groups in total. The summed E-state index contributed by atoms with van der Waals surface area (Å²) in [4.78, 5) is 16.5. The fourth-order valence-electron chi connectivity index (χ4n) is 2.70. The molecule has 0 saturated heterocycles. The van der Waals surface area contributed by atoms with E-state index in [1.807, 2.05) is 48.5 Å². The van der Waals surface area contributed by atoms with E-state index in [9.17, 15) is 4.79 Å². The molecule has 5 heteroatoms. The number of benzene rings is 2. The van der Waals surface area contributed by atoms with Gasteiger partial charge < -0.3 is 15.4 Å². The van der Waals surface area contributed by atoms with Gasteiger partial charge in [-0.25, -0.2) is 0 Å². The molecule has 0 unspecified atom stereocenters. The van der Waals surface area contributed by atoms with Crippen LogP contribution in [0, 0.1) is 0 Å². The van der Waals surface area contributed by atoms with Gasteiger partial charge >= 0.3 is 0 Å². The molecule has 0 saturated carbocycles. The maximum absolute atomic E-state index is 12.3. The molecule has 1 heterocycles. The van der Waals surface area contributed by atoms with Crippen LogP contribution in [-0.2, 0) is 6.42 Å². The molecular formula is C22H23N3O2. The number of nitrogens with one attached hydrogen (secondary N) is 2. The number of pyridine rings is 1. The number of aromatic nitrogens is 1. The van der Waals surface area contributed by atoms with Crippen molar-refractivity contribution in [2.45, 2.75) is 12.8 Å².